The smallest absolute Gasteiger partial charge is 0.436 e. The Morgan fingerprint density at radius 1 is 0.231 bits per heavy atom. The van der Waals surface area contributed by atoms with Gasteiger partial charge >= 0.3 is 63.2 Å². The summed E-state index contributed by atoms with van der Waals surface area (Å²) in [5.41, 5.74) is 26.6. The third-order valence-electron chi connectivity index (χ3n) is 24.4. The van der Waals surface area contributed by atoms with Crippen molar-refractivity contribution in [2.45, 2.75) is 41.4 Å². The number of hydrogen-bond acceptors (Lipinski definition) is 22. The van der Waals surface area contributed by atoms with Gasteiger partial charge in [0.2, 0.25) is 34.3 Å². The summed E-state index contributed by atoms with van der Waals surface area (Å²) in [5, 5.41) is 13.7. The van der Waals surface area contributed by atoms with E-state index in [1.165, 1.54) is 12.1 Å². The third-order valence-corrected chi connectivity index (χ3v) is 25.3. The van der Waals surface area contributed by atoms with Gasteiger partial charge in [0.05, 0.1) is 42.2 Å². The molecule has 692 valence electrons. The van der Waals surface area contributed by atoms with E-state index >= 15 is 0 Å². The van der Waals surface area contributed by atoms with E-state index < -0.39 is 13.7 Å². The molecule has 0 radical (unpaired) electrons. The number of furan rings is 6. The number of thiophene rings is 1. The Bertz CT molecular complexity index is 9690. The van der Waals surface area contributed by atoms with Crippen molar-refractivity contribution in [3.63, 3.8) is 0 Å². The topological polar surface area (TPSA) is 243 Å². The van der Waals surface area contributed by atoms with Crippen LogP contribution in [0.3, 0.4) is 0 Å². The maximum atomic E-state index is 7.72. The third kappa shape index (κ3) is 17.5. The van der Waals surface area contributed by atoms with Gasteiger partial charge in [-0.3, -0.25) is 0 Å². The number of nitrogens with zero attached hydrogens (tertiary/aromatic N) is 15. The molecule has 0 bridgehead atoms. The molecular weight excluding hydrogens is 2340 g/mol. The maximum Gasteiger partial charge on any atom is 2.00 e. The normalized spacial score (nSPS) is 12.2. The zero-order chi connectivity index (χ0) is 98.7. The Balaban J connectivity index is 0.000000125. The minimum absolute atomic E-state index is 0. The van der Waals surface area contributed by atoms with Crippen molar-refractivity contribution in [3.8, 4) is 67.5 Å². The summed E-state index contributed by atoms with van der Waals surface area (Å²) in [6.07, 6.45) is 10.3. The standard InChI is InChI=1S/2C40H25N5O2.C38H23N5O2S.3Pt/c2*1-24-14-16-31-33-20-35(41-22-37(33)46-39(31)43-24)26-8-6-12-29(18-26)45(28-10-4-3-5-11-28)30-13-7-9-27(19-30)36-21-34-32-17-15-25(2)44-40(32)47-38(34)23-42-36;1-22-11-13-28-30-18-32(39-20-34(30)44-37(28)41-22)24-6-3-8-26(16-24)43(36-10-5-15-46-36)27-9-4-7-25(17-27)33-19-31-29-14-12-23(2)42-38(29)45-35(31)21-40-33;;;/h2*3-17,20-23H,1-2H3;3-15,18-21H,1-2H3;;;/q3*-2;3*+2/i1D3;;1D3;;;. The number of pyridine rings is 12. The molecule has 0 amide bonds. The summed E-state index contributed by atoms with van der Waals surface area (Å²) >= 11 is 1.61. The largest absolute Gasteiger partial charge is 2.00 e. The second kappa shape index (κ2) is 38.3. The molecule has 27 rings (SSSR count). The zero-order valence-corrected chi connectivity index (χ0v) is 83.4. The van der Waals surface area contributed by atoms with Gasteiger partial charge in [-0.05, 0) is 224 Å². The molecule has 0 saturated heterocycles. The van der Waals surface area contributed by atoms with Crippen molar-refractivity contribution in [2.24, 2.45) is 0 Å². The molecular formula is C118H73N15O6Pt3S. The van der Waals surface area contributed by atoms with Crippen molar-refractivity contribution in [2.75, 3.05) is 14.7 Å². The first kappa shape index (κ1) is 84.6. The van der Waals surface area contributed by atoms with Crippen LogP contribution in [-0.2, 0) is 63.2 Å². The first-order valence-corrected chi connectivity index (χ1v) is 45.8. The van der Waals surface area contributed by atoms with Crippen molar-refractivity contribution in [1.82, 2.24) is 59.8 Å². The number of para-hydroxylation sites is 2. The second-order valence-corrected chi connectivity index (χ2v) is 34.6. The van der Waals surface area contributed by atoms with Crippen LogP contribution in [0.4, 0.5) is 50.5 Å². The van der Waals surface area contributed by atoms with Gasteiger partial charge in [-0.2, -0.15) is 0 Å². The van der Waals surface area contributed by atoms with Gasteiger partial charge in [-0.15, -0.1) is 190 Å². The van der Waals surface area contributed by atoms with Gasteiger partial charge in [0, 0.05) is 118 Å². The monoisotopic (exact) mass is 2420 g/mol. The molecule has 21 nitrogen and oxygen atoms in total. The van der Waals surface area contributed by atoms with E-state index in [4.69, 9.17) is 54.7 Å². The molecule has 0 aliphatic heterocycles. The molecule has 143 heavy (non-hydrogen) atoms. The number of hydrogen-bond donors (Lipinski definition) is 0. The fourth-order valence-corrected chi connectivity index (χ4v) is 18.5. The van der Waals surface area contributed by atoms with Gasteiger partial charge in [-0.1, -0.05) is 72.8 Å². The van der Waals surface area contributed by atoms with Crippen LogP contribution in [0.15, 0.2) is 360 Å². The van der Waals surface area contributed by atoms with Crippen LogP contribution in [0, 0.1) is 77.8 Å². The molecule has 0 N–H and O–H groups in total. The van der Waals surface area contributed by atoms with Crippen molar-refractivity contribution in [1.29, 1.82) is 0 Å². The van der Waals surface area contributed by atoms with E-state index in [-0.39, 0.29) is 86.0 Å². The van der Waals surface area contributed by atoms with Crippen molar-refractivity contribution in [3.05, 3.63) is 404 Å². The molecule has 27 aromatic rings. The van der Waals surface area contributed by atoms with Crippen LogP contribution in [0.25, 0.3) is 200 Å². The van der Waals surface area contributed by atoms with E-state index in [1.807, 2.05) is 282 Å². The van der Waals surface area contributed by atoms with Gasteiger partial charge in [0.1, 0.15) is 0 Å². The SMILES string of the molecule is Cc1ccc2c(n1)oc1cnc(-c3[c-]c(N(c4[c-]c(-c5cc6c(cn5)oc5nc(C)ccc56)ccc4)c4ccccc4)ccc3)cc12.[2H]C([2H])([2H])c1ccc2c(n1)oc1cnc(-c3[c-]c(N(c4[c-]c(-c5cc6c(cn5)oc5nc(C)ccc56)ccc4)c4ccccc4)ccc3)cc12.[2H]C([2H])([2H])c1ccc2c(n1)oc1cnc(-c3[c-]c(N(c4[c-]c(-c5cc6c(cn5)oc5nc(C)ccc56)ccc4)c4cccs4)ccc3)cc12.[Pt+2].[Pt+2].[Pt+2]. The Kier molecular flexibility index (Phi) is 22.6. The van der Waals surface area contributed by atoms with Crippen molar-refractivity contribution < 1.29 is 97.9 Å². The molecule has 25 heteroatoms. The first-order valence-electron chi connectivity index (χ1n) is 47.9. The Hall–Kier alpha value is -16.5. The summed E-state index contributed by atoms with van der Waals surface area (Å²) in [6, 6.07) is 117. The molecule has 19 heterocycles. The summed E-state index contributed by atoms with van der Waals surface area (Å²) in [7, 11) is 0. The van der Waals surface area contributed by atoms with Gasteiger partial charge < -0.3 is 71.1 Å². The molecule has 0 unspecified atom stereocenters. The predicted octanol–water partition coefficient (Wildman–Crippen LogP) is 30.3. The Morgan fingerprint density at radius 3 is 0.678 bits per heavy atom. The van der Waals surface area contributed by atoms with E-state index in [1.54, 1.807) is 60.7 Å². The number of fused-ring (bicyclic) bond motifs is 18. The van der Waals surface area contributed by atoms with E-state index in [9.17, 15) is 0 Å². The van der Waals surface area contributed by atoms with Crippen LogP contribution in [0.2, 0.25) is 0 Å². The van der Waals surface area contributed by atoms with Crippen LogP contribution in [0.5, 0.6) is 0 Å². The van der Waals surface area contributed by atoms with E-state index in [0.29, 0.717) is 73.1 Å². The molecule has 8 aromatic carbocycles. The van der Waals surface area contributed by atoms with Crippen LogP contribution >= 0.6 is 11.3 Å². The quantitative estimate of drug-likeness (QED) is 0.0866. The molecule has 19 aromatic heterocycles. The molecule has 0 fully saturated rings. The van der Waals surface area contributed by atoms with E-state index in [0.717, 1.165) is 189 Å². The number of benzene rings is 8. The van der Waals surface area contributed by atoms with Crippen LogP contribution in [-0.4, -0.2) is 59.8 Å². The predicted molar refractivity (Wildman–Crippen MR) is 553 cm³/mol. The average molecular weight is 2420 g/mol. The maximum absolute atomic E-state index is 7.72. The number of aromatic nitrogens is 12. The average Bonchev–Trinajstić information content (AvgIpc) is 1.62. The van der Waals surface area contributed by atoms with Crippen LogP contribution in [0.1, 0.15) is 42.4 Å². The van der Waals surface area contributed by atoms with Gasteiger partial charge in [0.25, 0.3) is 0 Å². The van der Waals surface area contributed by atoms with Crippen LogP contribution < -0.4 is 14.7 Å². The zero-order valence-electron chi connectivity index (χ0n) is 81.8. The molecule has 0 aliphatic rings. The minimum atomic E-state index is -2.33. The van der Waals surface area contributed by atoms with Gasteiger partial charge in [-0.25, -0.2) is 29.9 Å². The Morgan fingerprint density at radius 2 is 0.455 bits per heavy atom. The fourth-order valence-electron chi connectivity index (χ4n) is 17.8. The first-order chi connectivity index (χ1) is 71.1. The van der Waals surface area contributed by atoms with Crippen molar-refractivity contribution >= 4 is 194 Å². The second-order valence-electron chi connectivity index (χ2n) is 33.7. The number of anilines is 9. The molecule has 0 aliphatic carbocycles. The number of rotatable bonds is 15. The summed E-state index contributed by atoms with van der Waals surface area (Å²) in [6.45, 7) is 3.14. The summed E-state index contributed by atoms with van der Waals surface area (Å²) < 4.78 is 82.0. The fraction of sp³-hybridized carbons (Fsp3) is 0.0508. The van der Waals surface area contributed by atoms with E-state index in [2.05, 4.69) is 109 Å². The minimum Gasteiger partial charge on any atom is -0.436 e. The summed E-state index contributed by atoms with van der Waals surface area (Å²) in [4.78, 5) is 61.3. The molecule has 0 saturated carbocycles. The Labute approximate surface area is 873 Å². The number of aryl methyl sites for hydroxylation is 6. The van der Waals surface area contributed by atoms with Gasteiger partial charge in [0.15, 0.2) is 33.5 Å². The molecule has 0 atom stereocenters. The molecule has 0 spiro atoms. The summed E-state index contributed by atoms with van der Waals surface area (Å²) in [5.74, 6) is 0.